The minimum atomic E-state index is -0.402. The zero-order valence-corrected chi connectivity index (χ0v) is 6.01. The quantitative estimate of drug-likeness (QED) is 0.606. The maximum absolute atomic E-state index is 10.6. The van der Waals surface area contributed by atoms with E-state index in [2.05, 4.69) is 20.3 Å². The van der Waals surface area contributed by atoms with Gasteiger partial charge in [0.1, 0.15) is 6.33 Å². The molecule has 0 bridgehead atoms. The molecule has 0 atom stereocenters. The Hall–Kier alpha value is -1.98. The molecule has 0 amide bonds. The Morgan fingerprint density at radius 3 is 3.00 bits per heavy atom. The van der Waals surface area contributed by atoms with Crippen LogP contribution in [-0.2, 0) is 0 Å². The van der Waals surface area contributed by atoms with Gasteiger partial charge < -0.3 is 0 Å². The Morgan fingerprint density at radius 2 is 2.42 bits per heavy atom. The summed E-state index contributed by atoms with van der Waals surface area (Å²) in [6.07, 6.45) is 2.91. The molecule has 2 heterocycles. The van der Waals surface area contributed by atoms with Crippen LogP contribution in [-0.4, -0.2) is 25.0 Å². The molecule has 0 unspecified atom stereocenters. The molecule has 0 radical (unpaired) electrons. The Kier molecular flexibility index (Phi) is 1.44. The number of nitrogens with zero attached hydrogens (tertiary/aromatic N) is 4. The van der Waals surface area contributed by atoms with E-state index < -0.39 is 5.69 Å². The van der Waals surface area contributed by atoms with Gasteiger partial charge in [-0.3, -0.25) is 0 Å². The minimum absolute atomic E-state index is 0.402. The zero-order valence-electron chi connectivity index (χ0n) is 6.01. The van der Waals surface area contributed by atoms with E-state index >= 15 is 0 Å². The van der Waals surface area contributed by atoms with Crippen LogP contribution in [0.1, 0.15) is 0 Å². The average Bonchev–Trinajstić information content (AvgIpc) is 2.54. The Balaban J connectivity index is 2.51. The van der Waals surface area contributed by atoms with Gasteiger partial charge in [0.2, 0.25) is 0 Å². The summed E-state index contributed by atoms with van der Waals surface area (Å²) in [6.45, 7) is 0. The molecule has 6 nitrogen and oxygen atoms in total. The summed E-state index contributed by atoms with van der Waals surface area (Å²) < 4.78 is 1.40. The first-order valence-electron chi connectivity index (χ1n) is 3.28. The van der Waals surface area contributed by atoms with Gasteiger partial charge in [-0.05, 0) is 12.1 Å². The van der Waals surface area contributed by atoms with Crippen LogP contribution in [0.4, 0.5) is 0 Å². The lowest BCUT2D eigenvalue weighted by Crippen LogP contribution is -2.06. The largest absolute Gasteiger partial charge is 0.361 e. The van der Waals surface area contributed by atoms with Gasteiger partial charge in [0.05, 0.1) is 0 Å². The van der Waals surface area contributed by atoms with E-state index in [1.807, 2.05) is 0 Å². The summed E-state index contributed by atoms with van der Waals surface area (Å²) in [6, 6.07) is 3.44. The summed E-state index contributed by atoms with van der Waals surface area (Å²) in [4.78, 5) is 14.1. The maximum Gasteiger partial charge on any atom is 0.361 e. The number of nitrogens with one attached hydrogen (secondary N) is 1. The van der Waals surface area contributed by atoms with Crippen molar-refractivity contribution >= 4 is 0 Å². The van der Waals surface area contributed by atoms with E-state index in [1.165, 1.54) is 11.0 Å². The fourth-order valence-corrected chi connectivity index (χ4v) is 0.809. The number of aromatic nitrogens is 5. The van der Waals surface area contributed by atoms with Crippen molar-refractivity contribution in [3.05, 3.63) is 35.1 Å². The highest BCUT2D eigenvalue weighted by atomic mass is 16.1. The molecule has 2 rings (SSSR count). The second-order valence-electron chi connectivity index (χ2n) is 2.11. The molecular weight excluding hydrogens is 158 g/mol. The molecule has 0 saturated heterocycles. The summed E-state index contributed by atoms with van der Waals surface area (Å²) in [5, 5.41) is 9.85. The van der Waals surface area contributed by atoms with Crippen LogP contribution in [0.15, 0.2) is 29.5 Å². The molecule has 60 valence electrons. The third-order valence-corrected chi connectivity index (χ3v) is 1.31. The fraction of sp³-hybridized carbons (Fsp3) is 0. The van der Waals surface area contributed by atoms with Gasteiger partial charge in [0, 0.05) is 6.20 Å². The molecule has 0 aliphatic rings. The molecule has 6 heteroatoms. The highest BCUT2D eigenvalue weighted by molar-refractivity contribution is 5.15. The van der Waals surface area contributed by atoms with E-state index in [9.17, 15) is 4.79 Å². The van der Waals surface area contributed by atoms with E-state index in [0.717, 1.165) is 0 Å². The van der Waals surface area contributed by atoms with Gasteiger partial charge in [0.25, 0.3) is 0 Å². The lowest BCUT2D eigenvalue weighted by molar-refractivity contribution is 0.804. The predicted octanol–water partition coefficient (Wildman–Crippen LogP) is -0.649. The van der Waals surface area contributed by atoms with Crippen LogP contribution in [0.25, 0.3) is 5.82 Å². The third-order valence-electron chi connectivity index (χ3n) is 1.31. The van der Waals surface area contributed by atoms with Gasteiger partial charge in [-0.1, -0.05) is 0 Å². The first-order chi connectivity index (χ1) is 5.86. The monoisotopic (exact) mass is 163 g/mol. The summed E-state index contributed by atoms with van der Waals surface area (Å²) in [5.41, 5.74) is -0.402. The maximum atomic E-state index is 10.6. The van der Waals surface area contributed by atoms with Gasteiger partial charge >= 0.3 is 5.69 Å². The topological polar surface area (TPSA) is 76.5 Å². The van der Waals surface area contributed by atoms with E-state index in [0.29, 0.717) is 5.82 Å². The molecule has 2 aromatic rings. The Bertz CT molecular complexity index is 417. The van der Waals surface area contributed by atoms with E-state index in [1.54, 1.807) is 18.3 Å². The Morgan fingerprint density at radius 1 is 1.50 bits per heavy atom. The average molecular weight is 163 g/mol. The third kappa shape index (κ3) is 1.09. The first kappa shape index (κ1) is 6.71. The molecule has 0 aliphatic carbocycles. The minimum Gasteiger partial charge on any atom is -0.244 e. The summed E-state index contributed by atoms with van der Waals surface area (Å²) in [7, 11) is 0. The standard InChI is InChI=1S/C6H5N5O/c12-6-7-4-11(10-6)5-2-1-3-8-9-5/h1-4H,(H,10,12). The summed E-state index contributed by atoms with van der Waals surface area (Å²) in [5.74, 6) is 0.534. The van der Waals surface area contributed by atoms with Crippen molar-refractivity contribution in [2.75, 3.05) is 0 Å². The van der Waals surface area contributed by atoms with Crippen molar-refractivity contribution < 1.29 is 0 Å². The molecule has 0 saturated carbocycles. The van der Waals surface area contributed by atoms with Crippen molar-refractivity contribution in [1.82, 2.24) is 25.0 Å². The second-order valence-corrected chi connectivity index (χ2v) is 2.11. The Labute approximate surface area is 66.9 Å². The van der Waals surface area contributed by atoms with Crippen LogP contribution in [0.3, 0.4) is 0 Å². The molecular formula is C6H5N5O. The van der Waals surface area contributed by atoms with Crippen molar-refractivity contribution in [2.24, 2.45) is 0 Å². The van der Waals surface area contributed by atoms with Gasteiger partial charge in [0.15, 0.2) is 5.82 Å². The lowest BCUT2D eigenvalue weighted by Gasteiger charge is -1.95. The summed E-state index contributed by atoms with van der Waals surface area (Å²) >= 11 is 0. The molecule has 1 N–H and O–H groups in total. The molecule has 0 aromatic carbocycles. The van der Waals surface area contributed by atoms with Gasteiger partial charge in [-0.15, -0.1) is 5.10 Å². The number of aromatic amines is 1. The first-order valence-corrected chi connectivity index (χ1v) is 3.28. The van der Waals surface area contributed by atoms with Crippen LogP contribution in [0, 0.1) is 0 Å². The van der Waals surface area contributed by atoms with E-state index in [4.69, 9.17) is 0 Å². The van der Waals surface area contributed by atoms with E-state index in [-0.39, 0.29) is 0 Å². The SMILES string of the molecule is O=c1ncn(-c2cccnn2)[nH]1. The second kappa shape index (κ2) is 2.57. The number of H-pyrrole nitrogens is 1. The number of rotatable bonds is 1. The zero-order chi connectivity index (χ0) is 8.39. The van der Waals surface area contributed by atoms with Crippen LogP contribution in [0.2, 0.25) is 0 Å². The van der Waals surface area contributed by atoms with Crippen molar-refractivity contribution in [1.29, 1.82) is 0 Å². The van der Waals surface area contributed by atoms with Crippen molar-refractivity contribution in [2.45, 2.75) is 0 Å². The molecule has 2 aromatic heterocycles. The van der Waals surface area contributed by atoms with Crippen molar-refractivity contribution in [3.8, 4) is 5.82 Å². The fourth-order valence-electron chi connectivity index (χ4n) is 0.809. The number of hydrogen-bond acceptors (Lipinski definition) is 4. The highest BCUT2D eigenvalue weighted by Gasteiger charge is 1.96. The van der Waals surface area contributed by atoms with Crippen molar-refractivity contribution in [3.63, 3.8) is 0 Å². The van der Waals surface area contributed by atoms with Crippen LogP contribution < -0.4 is 5.69 Å². The molecule has 12 heavy (non-hydrogen) atoms. The van der Waals surface area contributed by atoms with Gasteiger partial charge in [-0.25, -0.2) is 14.6 Å². The predicted molar refractivity (Wildman–Crippen MR) is 39.8 cm³/mol. The number of hydrogen-bond donors (Lipinski definition) is 1. The van der Waals surface area contributed by atoms with Crippen LogP contribution in [0.5, 0.6) is 0 Å². The smallest absolute Gasteiger partial charge is 0.244 e. The molecule has 0 fully saturated rings. The van der Waals surface area contributed by atoms with Crippen LogP contribution >= 0.6 is 0 Å². The normalized spacial score (nSPS) is 10.0. The lowest BCUT2D eigenvalue weighted by atomic mass is 10.5. The molecule has 0 aliphatic heterocycles. The van der Waals surface area contributed by atoms with Gasteiger partial charge in [-0.2, -0.15) is 10.1 Å². The molecule has 0 spiro atoms. The highest BCUT2D eigenvalue weighted by Crippen LogP contribution is 1.94.